The summed E-state index contributed by atoms with van der Waals surface area (Å²) in [6.45, 7) is 3.22. The topological polar surface area (TPSA) is 66.0 Å². The summed E-state index contributed by atoms with van der Waals surface area (Å²) in [5, 5.41) is 2.91. The maximum atomic E-state index is 12.4. The van der Waals surface area contributed by atoms with Crippen LogP contribution in [0.2, 0.25) is 0 Å². The summed E-state index contributed by atoms with van der Waals surface area (Å²) in [5.41, 5.74) is 0.522. The van der Waals surface area contributed by atoms with Crippen molar-refractivity contribution in [1.82, 2.24) is 5.32 Å². The van der Waals surface area contributed by atoms with Crippen molar-refractivity contribution < 1.29 is 23.7 Å². The quantitative estimate of drug-likeness (QED) is 0.873. The van der Waals surface area contributed by atoms with E-state index < -0.39 is 0 Å². The SMILES string of the molecule is COc1ccccc1OCC(C)NC(=O)c1ccc2c(c1)OCCO2. The summed E-state index contributed by atoms with van der Waals surface area (Å²) < 4.78 is 21.9. The molecule has 0 saturated heterocycles. The number of rotatable bonds is 6. The monoisotopic (exact) mass is 343 g/mol. The van der Waals surface area contributed by atoms with Gasteiger partial charge in [0.25, 0.3) is 5.91 Å². The van der Waals surface area contributed by atoms with Crippen LogP contribution in [0.15, 0.2) is 42.5 Å². The number of ether oxygens (including phenoxy) is 4. The average Bonchev–Trinajstić information content (AvgIpc) is 2.66. The van der Waals surface area contributed by atoms with Gasteiger partial charge in [-0.1, -0.05) is 12.1 Å². The predicted octanol–water partition coefficient (Wildman–Crippen LogP) is 2.66. The van der Waals surface area contributed by atoms with Crippen LogP contribution in [0.5, 0.6) is 23.0 Å². The van der Waals surface area contributed by atoms with E-state index in [1.807, 2.05) is 31.2 Å². The van der Waals surface area contributed by atoms with Gasteiger partial charge in [0.05, 0.1) is 13.2 Å². The molecular formula is C19H21NO5. The largest absolute Gasteiger partial charge is 0.493 e. The Kier molecular flexibility index (Phi) is 5.28. The molecule has 3 rings (SSSR count). The van der Waals surface area contributed by atoms with Gasteiger partial charge in [0.2, 0.25) is 0 Å². The molecule has 6 heteroatoms. The third-order valence-corrected chi connectivity index (χ3v) is 3.74. The lowest BCUT2D eigenvalue weighted by atomic mass is 10.1. The molecule has 2 aromatic rings. The zero-order valence-electron chi connectivity index (χ0n) is 14.3. The van der Waals surface area contributed by atoms with Crippen LogP contribution in [0.25, 0.3) is 0 Å². The third kappa shape index (κ3) is 4.15. The smallest absolute Gasteiger partial charge is 0.251 e. The Hall–Kier alpha value is -2.89. The molecule has 25 heavy (non-hydrogen) atoms. The molecule has 132 valence electrons. The molecule has 0 aromatic heterocycles. The summed E-state index contributed by atoms with van der Waals surface area (Å²) in [4.78, 5) is 12.4. The summed E-state index contributed by atoms with van der Waals surface area (Å²) in [7, 11) is 1.59. The minimum Gasteiger partial charge on any atom is -0.493 e. The molecule has 1 amide bonds. The van der Waals surface area contributed by atoms with E-state index >= 15 is 0 Å². The molecule has 1 atom stereocenters. The molecule has 1 heterocycles. The first-order valence-electron chi connectivity index (χ1n) is 8.13. The van der Waals surface area contributed by atoms with E-state index in [2.05, 4.69) is 5.32 Å². The Bertz CT molecular complexity index is 746. The summed E-state index contributed by atoms with van der Waals surface area (Å²) in [5.74, 6) is 2.37. The van der Waals surface area contributed by atoms with Gasteiger partial charge in [-0.15, -0.1) is 0 Å². The molecule has 1 N–H and O–H groups in total. The summed E-state index contributed by atoms with van der Waals surface area (Å²) in [6.07, 6.45) is 0. The standard InChI is InChI=1S/C19H21NO5/c1-13(12-25-16-6-4-3-5-15(16)22-2)20-19(21)14-7-8-17-18(11-14)24-10-9-23-17/h3-8,11,13H,9-10,12H2,1-2H3,(H,20,21). The molecule has 0 fully saturated rings. The molecule has 0 saturated carbocycles. The van der Waals surface area contributed by atoms with Crippen LogP contribution in [0.1, 0.15) is 17.3 Å². The fraction of sp³-hybridized carbons (Fsp3) is 0.316. The molecule has 1 aliphatic heterocycles. The van der Waals surface area contributed by atoms with Gasteiger partial charge in [0.1, 0.15) is 19.8 Å². The third-order valence-electron chi connectivity index (χ3n) is 3.74. The molecule has 1 unspecified atom stereocenters. The van der Waals surface area contributed by atoms with Crippen LogP contribution in [-0.2, 0) is 0 Å². The van der Waals surface area contributed by atoms with E-state index in [1.165, 1.54) is 0 Å². The Labute approximate surface area is 146 Å². The first-order valence-corrected chi connectivity index (χ1v) is 8.13. The van der Waals surface area contributed by atoms with Crippen molar-refractivity contribution in [2.24, 2.45) is 0 Å². The zero-order valence-corrected chi connectivity index (χ0v) is 14.3. The van der Waals surface area contributed by atoms with E-state index in [-0.39, 0.29) is 11.9 Å². The zero-order chi connectivity index (χ0) is 17.6. The van der Waals surface area contributed by atoms with Gasteiger partial charge in [-0.2, -0.15) is 0 Å². The van der Waals surface area contributed by atoms with Crippen molar-refractivity contribution in [3.63, 3.8) is 0 Å². The highest BCUT2D eigenvalue weighted by atomic mass is 16.6. The Morgan fingerprint density at radius 1 is 1.12 bits per heavy atom. The van der Waals surface area contributed by atoms with Crippen LogP contribution < -0.4 is 24.3 Å². The number of hydrogen-bond donors (Lipinski definition) is 1. The molecular weight excluding hydrogens is 322 g/mol. The number of nitrogens with one attached hydrogen (secondary N) is 1. The highest BCUT2D eigenvalue weighted by Crippen LogP contribution is 2.30. The van der Waals surface area contributed by atoms with Gasteiger partial charge in [0.15, 0.2) is 23.0 Å². The van der Waals surface area contributed by atoms with Gasteiger partial charge >= 0.3 is 0 Å². The van der Waals surface area contributed by atoms with E-state index in [0.29, 0.717) is 48.4 Å². The van der Waals surface area contributed by atoms with E-state index in [1.54, 1.807) is 25.3 Å². The van der Waals surface area contributed by atoms with E-state index in [9.17, 15) is 4.79 Å². The van der Waals surface area contributed by atoms with Crippen LogP contribution in [0.3, 0.4) is 0 Å². The molecule has 6 nitrogen and oxygen atoms in total. The lowest BCUT2D eigenvalue weighted by molar-refractivity contribution is 0.0925. The number of carbonyl (C=O) groups is 1. The minimum absolute atomic E-state index is 0.175. The fourth-order valence-electron chi connectivity index (χ4n) is 2.49. The minimum atomic E-state index is -0.187. The van der Waals surface area contributed by atoms with Gasteiger partial charge in [-0.25, -0.2) is 0 Å². The molecule has 2 aromatic carbocycles. The van der Waals surface area contributed by atoms with Crippen LogP contribution in [-0.4, -0.2) is 38.9 Å². The lowest BCUT2D eigenvalue weighted by Gasteiger charge is -2.19. The Morgan fingerprint density at radius 3 is 2.60 bits per heavy atom. The number of hydrogen-bond acceptors (Lipinski definition) is 5. The van der Waals surface area contributed by atoms with Crippen molar-refractivity contribution in [2.75, 3.05) is 26.9 Å². The van der Waals surface area contributed by atoms with Crippen molar-refractivity contribution in [3.8, 4) is 23.0 Å². The Balaban J connectivity index is 1.57. The summed E-state index contributed by atoms with van der Waals surface area (Å²) in [6, 6.07) is 12.4. The second-order valence-corrected chi connectivity index (χ2v) is 5.69. The Morgan fingerprint density at radius 2 is 1.84 bits per heavy atom. The van der Waals surface area contributed by atoms with Gasteiger partial charge in [-0.05, 0) is 37.3 Å². The maximum absolute atomic E-state index is 12.4. The lowest BCUT2D eigenvalue weighted by Crippen LogP contribution is -2.36. The number of methoxy groups -OCH3 is 1. The number of amides is 1. The van der Waals surface area contributed by atoms with Crippen molar-refractivity contribution in [2.45, 2.75) is 13.0 Å². The molecule has 0 spiro atoms. The number of para-hydroxylation sites is 2. The van der Waals surface area contributed by atoms with Crippen LogP contribution >= 0.6 is 0 Å². The second-order valence-electron chi connectivity index (χ2n) is 5.69. The summed E-state index contributed by atoms with van der Waals surface area (Å²) >= 11 is 0. The highest BCUT2D eigenvalue weighted by molar-refractivity contribution is 5.95. The highest BCUT2D eigenvalue weighted by Gasteiger charge is 2.16. The first kappa shape index (κ1) is 17.0. The van der Waals surface area contributed by atoms with Crippen LogP contribution in [0.4, 0.5) is 0 Å². The van der Waals surface area contributed by atoms with Gasteiger partial charge in [-0.3, -0.25) is 4.79 Å². The molecule has 1 aliphatic rings. The van der Waals surface area contributed by atoms with Crippen molar-refractivity contribution >= 4 is 5.91 Å². The van der Waals surface area contributed by atoms with E-state index in [0.717, 1.165) is 0 Å². The normalized spacial score (nSPS) is 13.7. The van der Waals surface area contributed by atoms with Crippen molar-refractivity contribution in [3.05, 3.63) is 48.0 Å². The predicted molar refractivity (Wildman–Crippen MR) is 92.8 cm³/mol. The van der Waals surface area contributed by atoms with Gasteiger partial charge in [0, 0.05) is 5.56 Å². The second kappa shape index (κ2) is 7.79. The van der Waals surface area contributed by atoms with Gasteiger partial charge < -0.3 is 24.3 Å². The molecule has 0 bridgehead atoms. The fourth-order valence-corrected chi connectivity index (χ4v) is 2.49. The maximum Gasteiger partial charge on any atom is 0.251 e. The number of benzene rings is 2. The molecule has 0 radical (unpaired) electrons. The molecule has 0 aliphatic carbocycles. The average molecular weight is 343 g/mol. The van der Waals surface area contributed by atoms with Crippen molar-refractivity contribution in [1.29, 1.82) is 0 Å². The first-order chi connectivity index (χ1) is 12.2. The van der Waals surface area contributed by atoms with Crippen LogP contribution in [0, 0.1) is 0 Å². The number of fused-ring (bicyclic) bond motifs is 1. The number of carbonyl (C=O) groups excluding carboxylic acids is 1. The van der Waals surface area contributed by atoms with E-state index in [4.69, 9.17) is 18.9 Å².